The lowest BCUT2D eigenvalue weighted by molar-refractivity contribution is -0.147. The number of carbonyl (C=O) groups is 1. The number of aryl methyl sites for hydroxylation is 1. The van der Waals surface area contributed by atoms with Gasteiger partial charge in [0.2, 0.25) is 0 Å². The zero-order chi connectivity index (χ0) is 25.0. The molecule has 0 bridgehead atoms. The Morgan fingerprint density at radius 3 is 2.68 bits per heavy atom. The number of halogens is 3. The van der Waals surface area contributed by atoms with Crippen molar-refractivity contribution in [1.29, 1.82) is 0 Å². The van der Waals surface area contributed by atoms with Gasteiger partial charge < -0.3 is 14.2 Å². The monoisotopic (exact) mass is 613 g/mol. The molecule has 1 aromatic heterocycles. The largest absolute Gasteiger partial charge is 0.490 e. The van der Waals surface area contributed by atoms with Gasteiger partial charge in [-0.05, 0) is 54.0 Å². The maximum absolute atomic E-state index is 13.1. The van der Waals surface area contributed by atoms with E-state index in [0.29, 0.717) is 45.5 Å². The molecule has 0 amide bonds. The van der Waals surface area contributed by atoms with Gasteiger partial charge in [-0.3, -0.25) is 4.79 Å². The number of hydrogen-bond acceptors (Lipinski definition) is 7. The molecule has 11 heteroatoms. The minimum Gasteiger partial charge on any atom is -0.490 e. The molecular formula is C23H22Br2ClN3O5. The molecule has 3 rings (SSSR count). The van der Waals surface area contributed by atoms with E-state index in [2.05, 4.69) is 41.9 Å². The van der Waals surface area contributed by atoms with Crippen LogP contribution in [-0.4, -0.2) is 41.7 Å². The van der Waals surface area contributed by atoms with Crippen LogP contribution in [0.4, 0.5) is 0 Å². The smallest absolute Gasteiger partial charge is 0.346 e. The summed E-state index contributed by atoms with van der Waals surface area (Å²) in [6, 6.07) is 6.99. The van der Waals surface area contributed by atoms with Crippen molar-refractivity contribution in [3.8, 4) is 11.5 Å². The minimum atomic E-state index is -0.901. The summed E-state index contributed by atoms with van der Waals surface area (Å²) in [5.41, 5.74) is 0.842. The number of rotatable bonds is 8. The van der Waals surface area contributed by atoms with Gasteiger partial charge >= 0.3 is 5.97 Å². The van der Waals surface area contributed by atoms with Gasteiger partial charge in [-0.15, -0.1) is 0 Å². The van der Waals surface area contributed by atoms with Crippen molar-refractivity contribution >= 4 is 66.5 Å². The predicted octanol–water partition coefficient (Wildman–Crippen LogP) is 5.36. The molecular weight excluding hydrogens is 594 g/mol. The number of carbonyl (C=O) groups excluding carboxylic acids is 1. The Hall–Kier alpha value is -2.43. The molecule has 0 aliphatic rings. The van der Waals surface area contributed by atoms with Crippen LogP contribution < -0.4 is 15.0 Å². The van der Waals surface area contributed by atoms with E-state index in [-0.39, 0.29) is 16.3 Å². The van der Waals surface area contributed by atoms with Crippen molar-refractivity contribution in [2.24, 2.45) is 5.10 Å². The quantitative estimate of drug-likeness (QED) is 0.250. The third kappa shape index (κ3) is 5.45. The second-order valence-corrected chi connectivity index (χ2v) is 9.13. The average molecular weight is 616 g/mol. The Kier molecular flexibility index (Phi) is 8.72. The highest BCUT2D eigenvalue weighted by molar-refractivity contribution is 9.10. The molecule has 2 aromatic carbocycles. The van der Waals surface area contributed by atoms with E-state index in [9.17, 15) is 9.59 Å². The molecule has 3 aromatic rings. The maximum atomic E-state index is 13.1. The first-order valence-corrected chi connectivity index (χ1v) is 12.3. The molecule has 1 heterocycles. The van der Waals surface area contributed by atoms with E-state index in [0.717, 1.165) is 4.47 Å². The van der Waals surface area contributed by atoms with Crippen LogP contribution in [0.2, 0.25) is 5.02 Å². The van der Waals surface area contributed by atoms with E-state index in [1.165, 1.54) is 18.0 Å². The molecule has 0 unspecified atom stereocenters. The number of benzene rings is 2. The Morgan fingerprint density at radius 1 is 1.29 bits per heavy atom. The van der Waals surface area contributed by atoms with Crippen molar-refractivity contribution in [3.05, 3.63) is 60.0 Å². The lowest BCUT2D eigenvalue weighted by atomic mass is 10.2. The highest BCUT2D eigenvalue weighted by Gasteiger charge is 2.23. The SMILES string of the molecule is CCOc1cc(C=Nn2c(CC)nc3ccc(Br)cc3c2=O)c(Br)c(Cl)c1O[C@@H](C)C(=O)OC. The van der Waals surface area contributed by atoms with Crippen LogP contribution in [0, 0.1) is 0 Å². The number of hydrogen-bond donors (Lipinski definition) is 0. The Balaban J connectivity index is 2.10. The third-order valence-electron chi connectivity index (χ3n) is 4.79. The van der Waals surface area contributed by atoms with Gasteiger partial charge in [-0.25, -0.2) is 9.78 Å². The Morgan fingerprint density at radius 2 is 2.03 bits per heavy atom. The van der Waals surface area contributed by atoms with E-state index < -0.39 is 12.1 Å². The standard InChI is InChI=1S/C23H22Br2ClN3O5/c1-5-18-28-16-8-7-14(24)10-15(16)22(30)29(18)27-11-13-9-17(33-6-2)21(20(26)19(13)25)34-12(3)23(31)32-4/h7-12H,5-6H2,1-4H3/t12-/m0/s1. The van der Waals surface area contributed by atoms with Crippen molar-refractivity contribution in [1.82, 2.24) is 9.66 Å². The van der Waals surface area contributed by atoms with Crippen molar-refractivity contribution < 1.29 is 19.0 Å². The summed E-state index contributed by atoms with van der Waals surface area (Å²) >= 11 is 13.4. The predicted molar refractivity (Wildman–Crippen MR) is 138 cm³/mol. The first-order chi connectivity index (χ1) is 16.2. The molecule has 0 fully saturated rings. The van der Waals surface area contributed by atoms with Gasteiger partial charge in [-0.2, -0.15) is 9.78 Å². The van der Waals surface area contributed by atoms with Crippen LogP contribution in [0.5, 0.6) is 11.5 Å². The normalized spacial score (nSPS) is 12.2. The van der Waals surface area contributed by atoms with Crippen LogP contribution >= 0.6 is 43.5 Å². The molecule has 0 saturated carbocycles. The molecule has 180 valence electrons. The highest BCUT2D eigenvalue weighted by Crippen LogP contribution is 2.42. The summed E-state index contributed by atoms with van der Waals surface area (Å²) in [5, 5.41) is 5.03. The number of methoxy groups -OCH3 is 1. The molecule has 1 atom stereocenters. The summed E-state index contributed by atoms with van der Waals surface area (Å²) in [7, 11) is 1.27. The summed E-state index contributed by atoms with van der Waals surface area (Å²) in [6.07, 6.45) is 1.09. The Labute approximate surface area is 218 Å². The average Bonchev–Trinajstić information content (AvgIpc) is 2.83. The number of fused-ring (bicyclic) bond motifs is 1. The van der Waals surface area contributed by atoms with Crippen LogP contribution in [0.1, 0.15) is 32.2 Å². The van der Waals surface area contributed by atoms with E-state index in [1.807, 2.05) is 19.9 Å². The van der Waals surface area contributed by atoms with E-state index in [1.54, 1.807) is 25.1 Å². The zero-order valence-electron chi connectivity index (χ0n) is 18.9. The molecule has 8 nitrogen and oxygen atoms in total. The molecule has 0 N–H and O–H groups in total. The lowest BCUT2D eigenvalue weighted by Gasteiger charge is -2.19. The number of aromatic nitrogens is 2. The molecule has 0 radical (unpaired) electrons. The second-order valence-electron chi connectivity index (χ2n) is 7.04. The fourth-order valence-corrected chi connectivity index (χ4v) is 4.13. The van der Waals surface area contributed by atoms with E-state index >= 15 is 0 Å². The number of nitrogens with zero attached hydrogens (tertiary/aromatic N) is 3. The third-order valence-corrected chi connectivity index (χ3v) is 6.72. The summed E-state index contributed by atoms with van der Waals surface area (Å²) in [6.45, 7) is 5.58. The van der Waals surface area contributed by atoms with E-state index in [4.69, 9.17) is 25.8 Å². The van der Waals surface area contributed by atoms with Crippen LogP contribution in [0.25, 0.3) is 10.9 Å². The van der Waals surface area contributed by atoms with Gasteiger partial charge in [0.1, 0.15) is 10.8 Å². The zero-order valence-corrected chi connectivity index (χ0v) is 22.8. The van der Waals surface area contributed by atoms with Crippen molar-refractivity contribution in [3.63, 3.8) is 0 Å². The Bertz CT molecular complexity index is 1330. The highest BCUT2D eigenvalue weighted by atomic mass is 79.9. The van der Waals surface area contributed by atoms with Gasteiger partial charge in [0.25, 0.3) is 5.56 Å². The first-order valence-electron chi connectivity index (χ1n) is 10.4. The topological polar surface area (TPSA) is 92.0 Å². The molecule has 0 spiro atoms. The first kappa shape index (κ1) is 26.2. The molecule has 0 aliphatic heterocycles. The molecule has 34 heavy (non-hydrogen) atoms. The summed E-state index contributed by atoms with van der Waals surface area (Å²) < 4.78 is 18.6. The van der Waals surface area contributed by atoms with Gasteiger partial charge in [0.05, 0.1) is 30.8 Å². The molecule has 0 aliphatic carbocycles. The number of ether oxygens (including phenoxy) is 3. The van der Waals surface area contributed by atoms with Crippen LogP contribution in [0.3, 0.4) is 0 Å². The lowest BCUT2D eigenvalue weighted by Crippen LogP contribution is -2.25. The summed E-state index contributed by atoms with van der Waals surface area (Å²) in [5.74, 6) is 0.461. The van der Waals surface area contributed by atoms with Crippen LogP contribution in [-0.2, 0) is 16.0 Å². The fraction of sp³-hybridized carbons (Fsp3) is 0.304. The minimum absolute atomic E-state index is 0.187. The van der Waals surface area contributed by atoms with Gasteiger partial charge in [0, 0.05) is 20.9 Å². The number of esters is 1. The molecule has 0 saturated heterocycles. The maximum Gasteiger partial charge on any atom is 0.346 e. The second kappa shape index (κ2) is 11.3. The van der Waals surface area contributed by atoms with Gasteiger partial charge in [-0.1, -0.05) is 34.5 Å². The van der Waals surface area contributed by atoms with Crippen LogP contribution in [0.15, 0.2) is 43.1 Å². The summed E-state index contributed by atoms with van der Waals surface area (Å²) in [4.78, 5) is 29.5. The fourth-order valence-electron chi connectivity index (χ4n) is 3.12. The van der Waals surface area contributed by atoms with Gasteiger partial charge in [0.15, 0.2) is 17.6 Å². The van der Waals surface area contributed by atoms with Crippen molar-refractivity contribution in [2.75, 3.05) is 13.7 Å². The van der Waals surface area contributed by atoms with Crippen molar-refractivity contribution in [2.45, 2.75) is 33.3 Å².